The van der Waals surface area contributed by atoms with Gasteiger partial charge in [0.25, 0.3) is 0 Å². The Morgan fingerprint density at radius 3 is 2.33 bits per heavy atom. The molecule has 0 atom stereocenters. The van der Waals surface area contributed by atoms with Crippen LogP contribution in [0.1, 0.15) is 15.9 Å². The van der Waals surface area contributed by atoms with Crippen molar-refractivity contribution in [2.45, 2.75) is 0 Å². The molecule has 6 heteroatoms. The van der Waals surface area contributed by atoms with E-state index in [1.165, 1.54) is 0 Å². The zero-order chi connectivity index (χ0) is 15.0. The van der Waals surface area contributed by atoms with Crippen molar-refractivity contribution in [3.05, 3.63) is 55.4 Å². The van der Waals surface area contributed by atoms with Crippen LogP contribution in [0.4, 0.5) is 0 Å². The highest BCUT2D eigenvalue weighted by molar-refractivity contribution is 9.10. The summed E-state index contributed by atoms with van der Waals surface area (Å²) in [7, 11) is 0. The van der Waals surface area contributed by atoms with Gasteiger partial charge in [-0.1, -0.05) is 11.6 Å². The zero-order valence-corrected chi connectivity index (χ0v) is 14.6. The Hall–Kier alpha value is -1.04. The maximum Gasteiger partial charge on any atom is 0.194 e. The van der Waals surface area contributed by atoms with E-state index in [2.05, 4.69) is 31.9 Å². The van der Waals surface area contributed by atoms with E-state index in [1.807, 2.05) is 0 Å². The fraction of sp³-hybridized carbons (Fsp3) is 0.133. The van der Waals surface area contributed by atoms with Gasteiger partial charge in [-0.05, 0) is 62.2 Å². The second-order valence-corrected chi connectivity index (χ2v) is 6.55. The molecule has 3 nitrogen and oxygen atoms in total. The Morgan fingerprint density at radius 1 is 1.00 bits per heavy atom. The molecule has 0 saturated heterocycles. The van der Waals surface area contributed by atoms with E-state index in [0.717, 1.165) is 4.47 Å². The highest BCUT2D eigenvalue weighted by atomic mass is 79.9. The lowest BCUT2D eigenvalue weighted by atomic mass is 10.0. The van der Waals surface area contributed by atoms with Gasteiger partial charge in [-0.15, -0.1) is 0 Å². The van der Waals surface area contributed by atoms with E-state index in [0.29, 0.717) is 45.3 Å². The van der Waals surface area contributed by atoms with Crippen molar-refractivity contribution >= 4 is 49.2 Å². The highest BCUT2D eigenvalue weighted by Gasteiger charge is 2.20. The van der Waals surface area contributed by atoms with Crippen LogP contribution >= 0.6 is 43.5 Å². The summed E-state index contributed by atoms with van der Waals surface area (Å²) in [5, 5.41) is 0.495. The number of benzene rings is 2. The van der Waals surface area contributed by atoms with Crippen LogP contribution in [0.25, 0.3) is 0 Å². The summed E-state index contributed by atoms with van der Waals surface area (Å²) in [5.41, 5.74) is 1.03. The van der Waals surface area contributed by atoms with Crippen LogP contribution in [0, 0.1) is 0 Å². The van der Waals surface area contributed by atoms with Crippen LogP contribution in [0.3, 0.4) is 0 Å². The molecule has 0 unspecified atom stereocenters. The minimum Gasteiger partial charge on any atom is -0.486 e. The maximum absolute atomic E-state index is 12.6. The molecule has 1 aliphatic rings. The van der Waals surface area contributed by atoms with Gasteiger partial charge in [0.1, 0.15) is 13.2 Å². The molecule has 0 fully saturated rings. The molecule has 0 aliphatic carbocycles. The fourth-order valence-electron chi connectivity index (χ4n) is 2.03. The van der Waals surface area contributed by atoms with Gasteiger partial charge in [0.05, 0.1) is 5.02 Å². The van der Waals surface area contributed by atoms with Crippen LogP contribution in [-0.4, -0.2) is 19.0 Å². The van der Waals surface area contributed by atoms with Crippen molar-refractivity contribution < 1.29 is 14.3 Å². The van der Waals surface area contributed by atoms with Gasteiger partial charge >= 0.3 is 0 Å². The molecule has 0 spiro atoms. The first-order valence-electron chi connectivity index (χ1n) is 6.15. The van der Waals surface area contributed by atoms with E-state index in [9.17, 15) is 4.79 Å². The fourth-order valence-corrected chi connectivity index (χ4v) is 2.96. The monoisotopic (exact) mass is 430 g/mol. The van der Waals surface area contributed by atoms with Crippen molar-refractivity contribution in [2.24, 2.45) is 0 Å². The lowest BCUT2D eigenvalue weighted by Gasteiger charge is -2.19. The van der Waals surface area contributed by atoms with Crippen LogP contribution in [0.2, 0.25) is 5.02 Å². The van der Waals surface area contributed by atoms with Crippen LogP contribution < -0.4 is 9.47 Å². The summed E-state index contributed by atoms with van der Waals surface area (Å²) in [4.78, 5) is 12.6. The van der Waals surface area contributed by atoms with Crippen molar-refractivity contribution in [2.75, 3.05) is 13.2 Å². The SMILES string of the molecule is O=C(c1ccc(Br)c(Cl)c1)c1cc2c(cc1Br)OCCO2. The molecule has 0 radical (unpaired) electrons. The summed E-state index contributed by atoms with van der Waals surface area (Å²) in [6.45, 7) is 0.988. The van der Waals surface area contributed by atoms with Crippen molar-refractivity contribution in [3.8, 4) is 11.5 Å². The highest BCUT2D eigenvalue weighted by Crippen LogP contribution is 2.36. The molecule has 21 heavy (non-hydrogen) atoms. The molecular formula is C15H9Br2ClO3. The van der Waals surface area contributed by atoms with Gasteiger partial charge in [-0.25, -0.2) is 0 Å². The number of fused-ring (bicyclic) bond motifs is 1. The second-order valence-electron chi connectivity index (χ2n) is 4.43. The Kier molecular flexibility index (Phi) is 4.24. The average Bonchev–Trinajstić information content (AvgIpc) is 2.48. The smallest absolute Gasteiger partial charge is 0.194 e. The Labute approximate surface area is 143 Å². The molecule has 0 saturated carbocycles. The van der Waals surface area contributed by atoms with Crippen LogP contribution in [0.5, 0.6) is 11.5 Å². The first-order valence-corrected chi connectivity index (χ1v) is 8.11. The number of ketones is 1. The van der Waals surface area contributed by atoms with Crippen molar-refractivity contribution in [1.29, 1.82) is 0 Å². The molecule has 0 amide bonds. The number of rotatable bonds is 2. The van der Waals surface area contributed by atoms with E-state index >= 15 is 0 Å². The molecule has 0 N–H and O–H groups in total. The average molecular weight is 432 g/mol. The largest absolute Gasteiger partial charge is 0.486 e. The van der Waals surface area contributed by atoms with Gasteiger partial charge < -0.3 is 9.47 Å². The summed E-state index contributed by atoms with van der Waals surface area (Å²) >= 11 is 12.8. The third-order valence-corrected chi connectivity index (χ3v) is 4.95. The number of carbonyl (C=O) groups excluding carboxylic acids is 1. The third kappa shape index (κ3) is 2.96. The zero-order valence-electron chi connectivity index (χ0n) is 10.7. The molecule has 0 bridgehead atoms. The minimum absolute atomic E-state index is 0.131. The first kappa shape index (κ1) is 14.9. The quantitative estimate of drug-likeness (QED) is 0.636. The van der Waals surface area contributed by atoms with Gasteiger partial charge in [0, 0.05) is 20.1 Å². The molecule has 1 heterocycles. The third-order valence-electron chi connectivity index (χ3n) is 3.06. The number of ether oxygens (including phenoxy) is 2. The second kappa shape index (κ2) is 5.99. The first-order chi connectivity index (χ1) is 10.1. The van der Waals surface area contributed by atoms with E-state index < -0.39 is 0 Å². The molecule has 1 aliphatic heterocycles. The van der Waals surface area contributed by atoms with Gasteiger partial charge in [0.2, 0.25) is 0 Å². The Balaban J connectivity index is 2.03. The van der Waals surface area contributed by atoms with Crippen LogP contribution in [-0.2, 0) is 0 Å². The lowest BCUT2D eigenvalue weighted by Crippen LogP contribution is -2.16. The predicted octanol–water partition coefficient (Wildman–Crippen LogP) is 4.87. The lowest BCUT2D eigenvalue weighted by molar-refractivity contribution is 0.103. The normalized spacial score (nSPS) is 13.1. The number of hydrogen-bond donors (Lipinski definition) is 0. The molecule has 3 rings (SSSR count). The summed E-state index contributed by atoms with van der Waals surface area (Å²) < 4.78 is 12.4. The maximum atomic E-state index is 12.6. The van der Waals surface area contributed by atoms with E-state index in [-0.39, 0.29) is 5.78 Å². The number of hydrogen-bond acceptors (Lipinski definition) is 3. The number of carbonyl (C=O) groups is 1. The molecule has 0 aromatic heterocycles. The topological polar surface area (TPSA) is 35.5 Å². The summed E-state index contributed by atoms with van der Waals surface area (Å²) in [5.74, 6) is 1.09. The van der Waals surface area contributed by atoms with Gasteiger partial charge in [0.15, 0.2) is 17.3 Å². The summed E-state index contributed by atoms with van der Waals surface area (Å²) in [6, 6.07) is 8.55. The van der Waals surface area contributed by atoms with Crippen LogP contribution in [0.15, 0.2) is 39.3 Å². The minimum atomic E-state index is -0.131. The Bertz CT molecular complexity index is 731. The molecule has 108 valence electrons. The van der Waals surface area contributed by atoms with E-state index in [1.54, 1.807) is 30.3 Å². The molecule has 2 aromatic carbocycles. The standard InChI is InChI=1S/C15H9Br2ClO3/c16-10-2-1-8(5-12(10)18)15(19)9-6-13-14(7-11(9)17)21-4-3-20-13/h1-2,5-7H,3-4H2. The van der Waals surface area contributed by atoms with Gasteiger partial charge in [-0.3, -0.25) is 4.79 Å². The van der Waals surface area contributed by atoms with E-state index in [4.69, 9.17) is 21.1 Å². The summed E-state index contributed by atoms with van der Waals surface area (Å²) in [6.07, 6.45) is 0. The number of halogens is 3. The van der Waals surface area contributed by atoms with Crippen molar-refractivity contribution in [3.63, 3.8) is 0 Å². The predicted molar refractivity (Wildman–Crippen MR) is 87.7 cm³/mol. The van der Waals surface area contributed by atoms with Gasteiger partial charge in [-0.2, -0.15) is 0 Å². The Morgan fingerprint density at radius 2 is 1.67 bits per heavy atom. The molecular weight excluding hydrogens is 423 g/mol. The molecule has 2 aromatic rings. The van der Waals surface area contributed by atoms with Crippen molar-refractivity contribution in [1.82, 2.24) is 0 Å².